The molecular formula is C20H17FN2O3S. The van der Waals surface area contributed by atoms with Crippen LogP contribution in [0.25, 0.3) is 0 Å². The summed E-state index contributed by atoms with van der Waals surface area (Å²) < 4.78 is 18.7. The predicted molar refractivity (Wildman–Crippen MR) is 101 cm³/mol. The van der Waals surface area contributed by atoms with E-state index in [0.29, 0.717) is 11.3 Å². The molecule has 2 aromatic carbocycles. The topological polar surface area (TPSA) is 81.4 Å². The molecule has 0 radical (unpaired) electrons. The van der Waals surface area contributed by atoms with Crippen molar-refractivity contribution in [3.63, 3.8) is 0 Å². The molecule has 3 rings (SSSR count). The average Bonchev–Trinajstić information content (AvgIpc) is 3.20. The quantitative estimate of drug-likeness (QED) is 0.656. The number of thiophene rings is 1. The minimum atomic E-state index is -0.570. The average molecular weight is 384 g/mol. The van der Waals surface area contributed by atoms with Crippen LogP contribution in [0.15, 0.2) is 66.0 Å². The van der Waals surface area contributed by atoms with Crippen LogP contribution in [0.3, 0.4) is 0 Å². The summed E-state index contributed by atoms with van der Waals surface area (Å²) in [7, 11) is 0. The number of carbonyl (C=O) groups excluding carboxylic acids is 2. The van der Waals surface area contributed by atoms with Crippen LogP contribution in [-0.2, 0) is 4.79 Å². The Morgan fingerprint density at radius 3 is 2.56 bits per heavy atom. The van der Waals surface area contributed by atoms with Gasteiger partial charge in [0.2, 0.25) is 5.91 Å². The van der Waals surface area contributed by atoms with E-state index in [2.05, 4.69) is 5.32 Å². The number of nitrogens with one attached hydrogen (secondary N) is 1. The highest BCUT2D eigenvalue weighted by atomic mass is 32.1. The Morgan fingerprint density at radius 2 is 1.89 bits per heavy atom. The van der Waals surface area contributed by atoms with E-state index in [4.69, 9.17) is 10.5 Å². The van der Waals surface area contributed by atoms with Crippen molar-refractivity contribution in [2.45, 2.75) is 6.04 Å². The Morgan fingerprint density at radius 1 is 1.11 bits per heavy atom. The number of primary amides is 1. The van der Waals surface area contributed by atoms with Crippen LogP contribution < -0.4 is 15.8 Å². The molecule has 1 aromatic heterocycles. The molecule has 0 aliphatic rings. The number of rotatable bonds is 7. The van der Waals surface area contributed by atoms with Gasteiger partial charge in [0.25, 0.3) is 5.91 Å². The summed E-state index contributed by atoms with van der Waals surface area (Å²) in [5.74, 6) is -0.884. The maximum atomic E-state index is 13.2. The zero-order valence-corrected chi connectivity index (χ0v) is 15.0. The highest BCUT2D eigenvalue weighted by Crippen LogP contribution is 2.26. The first-order chi connectivity index (χ1) is 13.0. The zero-order valence-electron chi connectivity index (χ0n) is 14.2. The lowest BCUT2D eigenvalue weighted by Crippen LogP contribution is -2.33. The number of benzene rings is 2. The van der Waals surface area contributed by atoms with E-state index < -0.39 is 11.9 Å². The SMILES string of the molecule is NC(=O)c1cccc(OCC(=O)NC(c2ccc(F)cc2)c2cccs2)c1. The molecule has 3 N–H and O–H groups in total. The minimum absolute atomic E-state index is 0.231. The number of hydrogen-bond donors (Lipinski definition) is 2. The van der Waals surface area contributed by atoms with E-state index in [1.165, 1.54) is 29.5 Å². The fraction of sp³-hybridized carbons (Fsp3) is 0.100. The molecule has 0 bridgehead atoms. The van der Waals surface area contributed by atoms with Gasteiger partial charge in [-0.25, -0.2) is 4.39 Å². The standard InChI is InChI=1S/C20H17FN2O3S/c21-15-8-6-13(7-9-15)19(17-5-2-10-27-17)23-18(24)12-26-16-4-1-3-14(11-16)20(22)25/h1-11,19H,12H2,(H2,22,25)(H,23,24). The fourth-order valence-electron chi connectivity index (χ4n) is 2.52. The smallest absolute Gasteiger partial charge is 0.258 e. The van der Waals surface area contributed by atoms with E-state index in [1.807, 2.05) is 17.5 Å². The summed E-state index contributed by atoms with van der Waals surface area (Å²) in [5.41, 5.74) is 6.30. The van der Waals surface area contributed by atoms with Gasteiger partial charge in [-0.1, -0.05) is 24.3 Å². The van der Waals surface area contributed by atoms with Crippen LogP contribution in [0.1, 0.15) is 26.8 Å². The second-order valence-electron chi connectivity index (χ2n) is 5.75. The molecule has 1 unspecified atom stereocenters. The van der Waals surface area contributed by atoms with Crippen molar-refractivity contribution >= 4 is 23.2 Å². The van der Waals surface area contributed by atoms with Gasteiger partial charge < -0.3 is 15.8 Å². The molecular weight excluding hydrogens is 367 g/mol. The van der Waals surface area contributed by atoms with Gasteiger partial charge in [0, 0.05) is 10.4 Å². The molecule has 0 aliphatic heterocycles. The van der Waals surface area contributed by atoms with Gasteiger partial charge in [0.15, 0.2) is 6.61 Å². The van der Waals surface area contributed by atoms with Crippen molar-refractivity contribution < 1.29 is 18.7 Å². The van der Waals surface area contributed by atoms with Crippen LogP contribution in [-0.4, -0.2) is 18.4 Å². The molecule has 0 saturated carbocycles. The summed E-state index contributed by atoms with van der Waals surface area (Å²) >= 11 is 1.49. The predicted octanol–water partition coefficient (Wildman–Crippen LogP) is 3.27. The summed E-state index contributed by atoms with van der Waals surface area (Å²) in [4.78, 5) is 24.5. The Balaban J connectivity index is 1.69. The van der Waals surface area contributed by atoms with E-state index in [1.54, 1.807) is 30.3 Å². The van der Waals surface area contributed by atoms with E-state index in [9.17, 15) is 14.0 Å². The monoisotopic (exact) mass is 384 g/mol. The van der Waals surface area contributed by atoms with Gasteiger partial charge in [0.1, 0.15) is 11.6 Å². The first-order valence-electron chi connectivity index (χ1n) is 8.14. The Hall–Kier alpha value is -3.19. The first kappa shape index (κ1) is 18.6. The largest absolute Gasteiger partial charge is 0.484 e. The molecule has 2 amide bonds. The van der Waals surface area contributed by atoms with Crippen LogP contribution >= 0.6 is 11.3 Å². The number of ether oxygens (including phenoxy) is 1. The van der Waals surface area contributed by atoms with E-state index in [0.717, 1.165) is 10.4 Å². The number of nitrogens with two attached hydrogens (primary N) is 1. The van der Waals surface area contributed by atoms with Crippen LogP contribution in [0.2, 0.25) is 0 Å². The van der Waals surface area contributed by atoms with Crippen molar-refractivity contribution in [1.82, 2.24) is 5.32 Å². The maximum absolute atomic E-state index is 13.2. The molecule has 0 spiro atoms. The molecule has 0 saturated heterocycles. The molecule has 1 atom stereocenters. The molecule has 0 aliphatic carbocycles. The van der Waals surface area contributed by atoms with Crippen LogP contribution in [0.4, 0.5) is 4.39 Å². The molecule has 7 heteroatoms. The molecule has 5 nitrogen and oxygen atoms in total. The lowest BCUT2D eigenvalue weighted by molar-refractivity contribution is -0.123. The number of carbonyl (C=O) groups is 2. The fourth-order valence-corrected chi connectivity index (χ4v) is 3.32. The number of hydrogen-bond acceptors (Lipinski definition) is 4. The number of amides is 2. The van der Waals surface area contributed by atoms with Gasteiger partial charge in [-0.3, -0.25) is 9.59 Å². The zero-order chi connectivity index (χ0) is 19.2. The summed E-state index contributed by atoms with van der Waals surface area (Å²) in [6.45, 7) is -0.231. The number of halogens is 1. The van der Waals surface area contributed by atoms with Gasteiger partial charge in [0.05, 0.1) is 6.04 Å². The maximum Gasteiger partial charge on any atom is 0.258 e. The molecule has 3 aromatic rings. The van der Waals surface area contributed by atoms with Gasteiger partial charge in [-0.2, -0.15) is 0 Å². The summed E-state index contributed by atoms with van der Waals surface area (Å²) in [6.07, 6.45) is 0. The highest BCUT2D eigenvalue weighted by molar-refractivity contribution is 7.10. The van der Waals surface area contributed by atoms with Crippen molar-refractivity contribution in [2.24, 2.45) is 5.73 Å². The second kappa shape index (κ2) is 8.46. The molecule has 0 fully saturated rings. The molecule has 27 heavy (non-hydrogen) atoms. The summed E-state index contributed by atoms with van der Waals surface area (Å²) in [5, 5.41) is 4.80. The van der Waals surface area contributed by atoms with Crippen molar-refractivity contribution in [3.05, 3.63) is 87.9 Å². The summed E-state index contributed by atoms with van der Waals surface area (Å²) in [6, 6.07) is 15.7. The Labute approximate surface area is 159 Å². The van der Waals surface area contributed by atoms with Gasteiger partial charge in [-0.05, 0) is 47.3 Å². The van der Waals surface area contributed by atoms with Gasteiger partial charge in [-0.15, -0.1) is 11.3 Å². The third kappa shape index (κ3) is 4.92. The van der Waals surface area contributed by atoms with Gasteiger partial charge >= 0.3 is 0 Å². The second-order valence-corrected chi connectivity index (χ2v) is 6.73. The van der Waals surface area contributed by atoms with Crippen molar-refractivity contribution in [3.8, 4) is 5.75 Å². The van der Waals surface area contributed by atoms with E-state index in [-0.39, 0.29) is 18.3 Å². The Bertz CT molecular complexity index is 927. The van der Waals surface area contributed by atoms with Crippen molar-refractivity contribution in [2.75, 3.05) is 6.61 Å². The Kier molecular flexibility index (Phi) is 5.83. The third-order valence-electron chi connectivity index (χ3n) is 3.82. The highest BCUT2D eigenvalue weighted by Gasteiger charge is 2.18. The normalized spacial score (nSPS) is 11.6. The third-order valence-corrected chi connectivity index (χ3v) is 4.76. The molecule has 1 heterocycles. The lowest BCUT2D eigenvalue weighted by atomic mass is 10.1. The minimum Gasteiger partial charge on any atom is -0.484 e. The van der Waals surface area contributed by atoms with E-state index >= 15 is 0 Å². The van der Waals surface area contributed by atoms with Crippen molar-refractivity contribution in [1.29, 1.82) is 0 Å². The van der Waals surface area contributed by atoms with Crippen LogP contribution in [0.5, 0.6) is 5.75 Å². The lowest BCUT2D eigenvalue weighted by Gasteiger charge is -2.18. The first-order valence-corrected chi connectivity index (χ1v) is 9.02. The molecule has 138 valence electrons. The van der Waals surface area contributed by atoms with Crippen LogP contribution in [0, 0.1) is 5.82 Å².